The molecular weight excluding hydrogens is 338 g/mol. The van der Waals surface area contributed by atoms with E-state index >= 15 is 0 Å². The van der Waals surface area contributed by atoms with Crippen molar-refractivity contribution in [3.63, 3.8) is 0 Å². The fourth-order valence-corrected chi connectivity index (χ4v) is 4.65. The zero-order valence-corrected chi connectivity index (χ0v) is 14.6. The van der Waals surface area contributed by atoms with Crippen molar-refractivity contribution in [2.75, 3.05) is 4.90 Å². The number of furan rings is 1. The number of Topliss-reactive ketones (excluding diaryl/α,β-unsaturated/α-hetero) is 1. The van der Waals surface area contributed by atoms with E-state index in [1.54, 1.807) is 12.3 Å². The molecule has 132 valence electrons. The van der Waals surface area contributed by atoms with E-state index in [1.165, 1.54) is 0 Å². The Bertz CT molecular complexity index is 1010. The van der Waals surface area contributed by atoms with Gasteiger partial charge in [-0.15, -0.1) is 0 Å². The van der Waals surface area contributed by atoms with E-state index in [0.717, 1.165) is 24.1 Å². The van der Waals surface area contributed by atoms with Crippen LogP contribution >= 0.6 is 0 Å². The van der Waals surface area contributed by atoms with Gasteiger partial charge in [0.1, 0.15) is 17.6 Å². The monoisotopic (exact) mass is 355 g/mol. The predicted molar refractivity (Wildman–Crippen MR) is 98.1 cm³/mol. The number of hydrogen-bond donors (Lipinski definition) is 0. The summed E-state index contributed by atoms with van der Waals surface area (Å²) in [6, 6.07) is 15.0. The molecule has 3 heterocycles. The third kappa shape index (κ3) is 2.06. The van der Waals surface area contributed by atoms with Crippen LogP contribution in [0, 0.1) is 39.9 Å². The van der Waals surface area contributed by atoms with Crippen molar-refractivity contribution in [3.8, 4) is 12.1 Å². The summed E-state index contributed by atoms with van der Waals surface area (Å²) in [6.45, 7) is 0. The van der Waals surface area contributed by atoms with Crippen molar-refractivity contribution in [1.82, 2.24) is 0 Å². The van der Waals surface area contributed by atoms with Gasteiger partial charge in [0.15, 0.2) is 5.41 Å². The maximum Gasteiger partial charge on any atom is 0.179 e. The standard InChI is InChI=1S/C22H17N3O2/c23-12-22(13-24)18-10-9-14-4-1-2-5-16(14)25(18)20(17-6-3-11-27-17)19(22)21(26)15-7-8-15/h1-6,9-11,15,18-20H,7-8H2. The Morgan fingerprint density at radius 2 is 1.93 bits per heavy atom. The molecule has 5 nitrogen and oxygen atoms in total. The smallest absolute Gasteiger partial charge is 0.179 e. The summed E-state index contributed by atoms with van der Waals surface area (Å²) in [5.41, 5.74) is 0.489. The Balaban J connectivity index is 1.77. The third-order valence-corrected chi connectivity index (χ3v) is 6.04. The molecule has 0 N–H and O–H groups in total. The first-order chi connectivity index (χ1) is 13.2. The molecule has 5 rings (SSSR count). The Kier molecular flexibility index (Phi) is 3.29. The molecule has 3 atom stereocenters. The van der Waals surface area contributed by atoms with E-state index < -0.39 is 23.4 Å². The topological polar surface area (TPSA) is 81.0 Å². The molecule has 3 unspecified atom stereocenters. The molecule has 2 aliphatic heterocycles. The van der Waals surface area contributed by atoms with E-state index in [4.69, 9.17) is 4.42 Å². The molecule has 1 aromatic heterocycles. The molecule has 2 fully saturated rings. The predicted octanol–water partition coefficient (Wildman–Crippen LogP) is 3.87. The number of benzene rings is 1. The molecule has 1 saturated carbocycles. The number of para-hydroxylation sites is 1. The maximum absolute atomic E-state index is 13.3. The van der Waals surface area contributed by atoms with Crippen molar-refractivity contribution in [2.45, 2.75) is 24.9 Å². The summed E-state index contributed by atoms with van der Waals surface area (Å²) in [6.07, 6.45) is 7.09. The summed E-state index contributed by atoms with van der Waals surface area (Å²) in [5, 5.41) is 20.2. The van der Waals surface area contributed by atoms with Gasteiger partial charge in [0.05, 0.1) is 30.4 Å². The van der Waals surface area contributed by atoms with Gasteiger partial charge in [-0.25, -0.2) is 0 Å². The molecule has 3 aliphatic rings. The molecule has 5 heteroatoms. The van der Waals surface area contributed by atoms with Gasteiger partial charge in [-0.3, -0.25) is 4.79 Å². The van der Waals surface area contributed by atoms with E-state index in [1.807, 2.05) is 47.4 Å². The van der Waals surface area contributed by atoms with Crippen LogP contribution in [0.2, 0.25) is 0 Å². The minimum absolute atomic E-state index is 0.0137. The highest BCUT2D eigenvalue weighted by Gasteiger charge is 2.65. The Morgan fingerprint density at radius 3 is 2.59 bits per heavy atom. The average molecular weight is 355 g/mol. The highest BCUT2D eigenvalue weighted by molar-refractivity contribution is 5.91. The first kappa shape index (κ1) is 15.9. The Hall–Kier alpha value is -3.31. The maximum atomic E-state index is 13.3. The van der Waals surface area contributed by atoms with Crippen LogP contribution in [0.25, 0.3) is 6.08 Å². The minimum atomic E-state index is -1.44. The second-order valence-corrected chi connectivity index (χ2v) is 7.48. The largest absolute Gasteiger partial charge is 0.467 e. The SMILES string of the molecule is N#CC1(C#N)C(C(=O)C2CC2)C(c2ccco2)N2c3ccccc3C=CC21. The number of nitriles is 2. The summed E-state index contributed by atoms with van der Waals surface area (Å²) < 4.78 is 5.71. The third-order valence-electron chi connectivity index (χ3n) is 6.04. The summed E-state index contributed by atoms with van der Waals surface area (Å²) in [5.74, 6) is -0.155. The van der Waals surface area contributed by atoms with Crippen molar-refractivity contribution in [3.05, 3.63) is 60.1 Å². The molecule has 0 bridgehead atoms. The number of nitrogens with zero attached hydrogens (tertiary/aromatic N) is 3. The molecule has 1 aliphatic carbocycles. The number of hydrogen-bond acceptors (Lipinski definition) is 5. The molecule has 27 heavy (non-hydrogen) atoms. The van der Waals surface area contributed by atoms with E-state index in [9.17, 15) is 15.3 Å². The first-order valence-corrected chi connectivity index (χ1v) is 9.16. The van der Waals surface area contributed by atoms with Crippen LogP contribution in [0.5, 0.6) is 0 Å². The number of anilines is 1. The van der Waals surface area contributed by atoms with E-state index in [-0.39, 0.29) is 11.7 Å². The van der Waals surface area contributed by atoms with Crippen LogP contribution in [0.3, 0.4) is 0 Å². The fraction of sp³-hybridized carbons (Fsp3) is 0.318. The van der Waals surface area contributed by atoms with E-state index in [2.05, 4.69) is 12.1 Å². The van der Waals surface area contributed by atoms with Gasteiger partial charge in [0.25, 0.3) is 0 Å². The van der Waals surface area contributed by atoms with Gasteiger partial charge >= 0.3 is 0 Å². The number of carbonyl (C=O) groups is 1. The number of ketones is 1. The van der Waals surface area contributed by atoms with Crippen molar-refractivity contribution in [2.24, 2.45) is 17.3 Å². The minimum Gasteiger partial charge on any atom is -0.467 e. The van der Waals surface area contributed by atoms with Crippen LogP contribution < -0.4 is 4.90 Å². The quantitative estimate of drug-likeness (QED) is 0.835. The van der Waals surface area contributed by atoms with Gasteiger partial charge in [0.2, 0.25) is 0 Å². The second-order valence-electron chi connectivity index (χ2n) is 7.48. The Labute approximate surface area is 157 Å². The van der Waals surface area contributed by atoms with Crippen LogP contribution in [-0.2, 0) is 4.79 Å². The summed E-state index contributed by atoms with van der Waals surface area (Å²) >= 11 is 0. The van der Waals surface area contributed by atoms with Gasteiger partial charge < -0.3 is 9.32 Å². The van der Waals surface area contributed by atoms with Crippen LogP contribution in [0.4, 0.5) is 5.69 Å². The lowest BCUT2D eigenvalue weighted by molar-refractivity contribution is -0.126. The average Bonchev–Trinajstić information content (AvgIpc) is 3.33. The lowest BCUT2D eigenvalue weighted by atomic mass is 9.70. The van der Waals surface area contributed by atoms with Crippen LogP contribution in [0.15, 0.2) is 53.2 Å². The number of rotatable bonds is 3. The number of fused-ring (bicyclic) bond motifs is 3. The Morgan fingerprint density at radius 1 is 1.15 bits per heavy atom. The molecule has 1 aromatic carbocycles. The second kappa shape index (κ2) is 5.59. The zero-order valence-electron chi connectivity index (χ0n) is 14.6. The van der Waals surface area contributed by atoms with Crippen LogP contribution in [-0.4, -0.2) is 11.8 Å². The number of carbonyl (C=O) groups excluding carboxylic acids is 1. The van der Waals surface area contributed by atoms with Gasteiger partial charge in [0, 0.05) is 11.6 Å². The molecule has 0 radical (unpaired) electrons. The van der Waals surface area contributed by atoms with E-state index in [0.29, 0.717) is 5.76 Å². The van der Waals surface area contributed by atoms with Crippen molar-refractivity contribution in [1.29, 1.82) is 10.5 Å². The lowest BCUT2D eigenvalue weighted by Gasteiger charge is -2.35. The van der Waals surface area contributed by atoms with Gasteiger partial charge in [-0.05, 0) is 36.6 Å². The van der Waals surface area contributed by atoms with Crippen molar-refractivity contribution >= 4 is 17.5 Å². The summed E-state index contributed by atoms with van der Waals surface area (Å²) in [7, 11) is 0. The molecule has 2 aromatic rings. The highest BCUT2D eigenvalue weighted by Crippen LogP contribution is 2.58. The van der Waals surface area contributed by atoms with Gasteiger partial charge in [-0.1, -0.05) is 30.4 Å². The normalized spacial score (nSPS) is 27.3. The zero-order chi connectivity index (χ0) is 18.6. The van der Waals surface area contributed by atoms with Gasteiger partial charge in [-0.2, -0.15) is 10.5 Å². The van der Waals surface area contributed by atoms with Crippen LogP contribution in [0.1, 0.15) is 30.2 Å². The molecule has 0 amide bonds. The fourth-order valence-electron chi connectivity index (χ4n) is 4.65. The lowest BCUT2D eigenvalue weighted by Crippen LogP contribution is -2.41. The van der Waals surface area contributed by atoms with Crippen molar-refractivity contribution < 1.29 is 9.21 Å². The molecular formula is C22H17N3O2. The molecule has 1 saturated heterocycles. The first-order valence-electron chi connectivity index (χ1n) is 9.16. The highest BCUT2D eigenvalue weighted by atomic mass is 16.3. The summed E-state index contributed by atoms with van der Waals surface area (Å²) in [4.78, 5) is 15.4. The molecule has 0 spiro atoms.